The molecule has 0 bridgehead atoms. The van der Waals surface area contributed by atoms with Gasteiger partial charge in [0, 0.05) is 6.42 Å². The Morgan fingerprint density at radius 3 is 1.13 bits per heavy atom. The highest BCUT2D eigenvalue weighted by Gasteiger charge is 2.51. The van der Waals surface area contributed by atoms with Gasteiger partial charge in [-0.3, -0.25) is 13.8 Å². The highest BCUT2D eigenvalue weighted by molar-refractivity contribution is 7.47. The zero-order chi connectivity index (χ0) is 49.2. The molecule has 6 unspecified atom stereocenters. The number of nitrogens with one attached hydrogen (secondary N) is 1. The minimum Gasteiger partial charge on any atom is -0.387 e. The van der Waals surface area contributed by atoms with E-state index in [2.05, 4.69) is 19.2 Å². The second kappa shape index (κ2) is 43.8. The molecule has 0 aromatic heterocycles. The van der Waals surface area contributed by atoms with Gasteiger partial charge < -0.3 is 40.8 Å². The quantitative estimate of drug-likeness (QED) is 0.0164. The zero-order valence-electron chi connectivity index (χ0n) is 43.0. The number of unbranched alkanes of at least 4 members (excludes halogenated alkanes) is 37. The van der Waals surface area contributed by atoms with Crippen molar-refractivity contribution >= 4 is 13.7 Å². The number of rotatable bonds is 48. The Hall–Kier alpha value is -0.920. The van der Waals surface area contributed by atoms with Crippen molar-refractivity contribution in [3.63, 3.8) is 0 Å². The summed E-state index contributed by atoms with van der Waals surface area (Å²) >= 11 is 0. The summed E-state index contributed by atoms with van der Waals surface area (Å²) in [6.07, 6.45) is 40.2. The van der Waals surface area contributed by atoms with Crippen LogP contribution in [0, 0.1) is 0 Å². The third kappa shape index (κ3) is 34.9. The van der Waals surface area contributed by atoms with Gasteiger partial charge in [0.2, 0.25) is 5.91 Å². The summed E-state index contributed by atoms with van der Waals surface area (Å²) in [6, 6.07) is -1.11. The smallest absolute Gasteiger partial charge is 0.387 e. The molecular weight excluding hydrogens is 870 g/mol. The highest BCUT2D eigenvalue weighted by Crippen LogP contribution is 2.47. The van der Waals surface area contributed by atoms with Crippen molar-refractivity contribution in [2.24, 2.45) is 0 Å². The fraction of sp³-hybridized carbons (Fsp3) is 0.944. The lowest BCUT2D eigenvalue weighted by atomic mass is 9.85. The summed E-state index contributed by atoms with van der Waals surface area (Å²) in [5.74, 6) is -0.335. The Morgan fingerprint density at radius 2 is 0.791 bits per heavy atom. The van der Waals surface area contributed by atoms with E-state index < -0.39 is 63.2 Å². The fourth-order valence-corrected chi connectivity index (χ4v) is 10.2. The van der Waals surface area contributed by atoms with Crippen LogP contribution in [-0.2, 0) is 18.4 Å². The lowest BCUT2D eigenvalue weighted by molar-refractivity contribution is -0.220. The molecule has 1 amide bonds. The molecule has 0 saturated heterocycles. The number of carbonyl (C=O) groups excluding carboxylic acids is 1. The van der Waals surface area contributed by atoms with Gasteiger partial charge in [0.25, 0.3) is 0 Å². The average molecular weight is 976 g/mol. The van der Waals surface area contributed by atoms with Crippen LogP contribution in [0.25, 0.3) is 0 Å². The topological polar surface area (TPSA) is 206 Å². The summed E-state index contributed by atoms with van der Waals surface area (Å²) in [7, 11) is -5.08. The number of phosphoric acid groups is 1. The third-order valence-corrected chi connectivity index (χ3v) is 14.8. The molecule has 8 N–H and O–H groups in total. The number of hydrogen-bond acceptors (Lipinski definition) is 10. The third-order valence-electron chi connectivity index (χ3n) is 13.8. The van der Waals surface area contributed by atoms with Crippen LogP contribution in [0.5, 0.6) is 0 Å². The molecule has 0 radical (unpaired) electrons. The van der Waals surface area contributed by atoms with Crippen LogP contribution in [0.2, 0.25) is 0 Å². The summed E-state index contributed by atoms with van der Waals surface area (Å²) in [5, 5.41) is 64.2. The summed E-state index contributed by atoms with van der Waals surface area (Å²) in [4.78, 5) is 23.5. The second-order valence-corrected chi connectivity index (χ2v) is 21.6. The minimum atomic E-state index is -5.08. The fourth-order valence-electron chi connectivity index (χ4n) is 9.26. The second-order valence-electron chi connectivity index (χ2n) is 20.1. The Bertz CT molecular complexity index is 1180. The average Bonchev–Trinajstić information content (AvgIpc) is 3.31. The van der Waals surface area contributed by atoms with Crippen molar-refractivity contribution in [1.29, 1.82) is 0 Å². The van der Waals surface area contributed by atoms with Crippen LogP contribution in [0.15, 0.2) is 12.2 Å². The normalized spacial score (nSPS) is 21.7. The first kappa shape index (κ1) is 64.1. The molecule has 13 heteroatoms. The first-order valence-corrected chi connectivity index (χ1v) is 29.6. The number of amides is 1. The van der Waals surface area contributed by atoms with Gasteiger partial charge in [0.1, 0.15) is 36.6 Å². The molecular formula is C54H106NO11P. The largest absolute Gasteiger partial charge is 0.472 e. The molecule has 1 saturated carbocycles. The van der Waals surface area contributed by atoms with Crippen molar-refractivity contribution in [3.05, 3.63) is 12.2 Å². The molecule has 1 aliphatic rings. The van der Waals surface area contributed by atoms with E-state index in [0.29, 0.717) is 6.42 Å². The molecule has 1 rings (SSSR count). The van der Waals surface area contributed by atoms with E-state index >= 15 is 0 Å². The van der Waals surface area contributed by atoms with Gasteiger partial charge in [-0.15, -0.1) is 0 Å². The van der Waals surface area contributed by atoms with Crippen LogP contribution in [0.4, 0.5) is 0 Å². The monoisotopic (exact) mass is 976 g/mol. The van der Waals surface area contributed by atoms with Crippen LogP contribution in [-0.4, -0.2) is 96.8 Å². The highest BCUT2D eigenvalue weighted by atomic mass is 31.2. The molecule has 0 heterocycles. The first-order valence-electron chi connectivity index (χ1n) is 28.1. The molecule has 12 nitrogen and oxygen atoms in total. The number of aliphatic hydroxyl groups is 6. The number of phosphoric ester groups is 1. The van der Waals surface area contributed by atoms with Crippen LogP contribution < -0.4 is 5.32 Å². The van der Waals surface area contributed by atoms with E-state index in [1.54, 1.807) is 6.08 Å². The molecule has 9 atom stereocenters. The van der Waals surface area contributed by atoms with Gasteiger partial charge in [-0.05, 0) is 19.3 Å². The Balaban J connectivity index is 2.28. The van der Waals surface area contributed by atoms with Gasteiger partial charge >= 0.3 is 7.82 Å². The molecule has 0 aliphatic heterocycles. The Labute approximate surface area is 409 Å². The molecule has 0 aromatic carbocycles. The van der Waals surface area contributed by atoms with Gasteiger partial charge in [-0.2, -0.15) is 0 Å². The van der Waals surface area contributed by atoms with Gasteiger partial charge in [-0.25, -0.2) is 4.57 Å². The van der Waals surface area contributed by atoms with Crippen molar-refractivity contribution in [2.45, 2.75) is 319 Å². The predicted octanol–water partition coefficient (Wildman–Crippen LogP) is 12.4. The van der Waals surface area contributed by atoms with Crippen molar-refractivity contribution in [1.82, 2.24) is 5.32 Å². The summed E-state index contributed by atoms with van der Waals surface area (Å²) in [6.45, 7) is 3.87. The predicted molar refractivity (Wildman–Crippen MR) is 274 cm³/mol. The van der Waals surface area contributed by atoms with E-state index in [-0.39, 0.29) is 12.3 Å². The molecule has 0 aromatic rings. The SMILES string of the molecule is CCCCCCCCCCCCC/C=C/[C@@H](O)[C@H](COP(=O)(O)OC1C(O)C(O)C(O)[C@@H](O)C1O)NC(=O)CCCCCCCCCCCCCCCCCCCCCCCCCCCCC. The lowest BCUT2D eigenvalue weighted by Crippen LogP contribution is -2.64. The first-order chi connectivity index (χ1) is 32.4. The van der Waals surface area contributed by atoms with Crippen LogP contribution in [0.3, 0.4) is 0 Å². The molecule has 1 fully saturated rings. The number of carbonyl (C=O) groups is 1. The van der Waals surface area contributed by atoms with E-state index in [1.165, 1.54) is 199 Å². The van der Waals surface area contributed by atoms with Crippen LogP contribution >= 0.6 is 7.82 Å². The summed E-state index contributed by atoms with van der Waals surface area (Å²) < 4.78 is 23.0. The van der Waals surface area contributed by atoms with Gasteiger partial charge in [-0.1, -0.05) is 257 Å². The summed E-state index contributed by atoms with van der Waals surface area (Å²) in [5.41, 5.74) is 0. The van der Waals surface area contributed by atoms with Crippen molar-refractivity contribution < 1.29 is 53.9 Å². The molecule has 0 spiro atoms. The van der Waals surface area contributed by atoms with E-state index in [9.17, 15) is 44.9 Å². The molecule has 67 heavy (non-hydrogen) atoms. The van der Waals surface area contributed by atoms with E-state index in [0.717, 1.165) is 44.9 Å². The Kier molecular flexibility index (Phi) is 41.9. The number of allylic oxidation sites excluding steroid dienone is 1. The minimum absolute atomic E-state index is 0.219. The Morgan fingerprint density at radius 1 is 0.493 bits per heavy atom. The van der Waals surface area contributed by atoms with Crippen molar-refractivity contribution in [3.8, 4) is 0 Å². The maximum atomic E-state index is 13.0. The van der Waals surface area contributed by atoms with Gasteiger partial charge in [0.05, 0.1) is 18.8 Å². The van der Waals surface area contributed by atoms with Gasteiger partial charge in [0.15, 0.2) is 0 Å². The number of aliphatic hydroxyl groups excluding tert-OH is 6. The van der Waals surface area contributed by atoms with E-state index in [4.69, 9.17) is 9.05 Å². The maximum absolute atomic E-state index is 13.0. The molecule has 1 aliphatic carbocycles. The van der Waals surface area contributed by atoms with Crippen LogP contribution in [0.1, 0.15) is 271 Å². The zero-order valence-corrected chi connectivity index (χ0v) is 43.9. The lowest BCUT2D eigenvalue weighted by Gasteiger charge is -2.41. The number of hydrogen-bond donors (Lipinski definition) is 8. The molecule has 398 valence electrons. The van der Waals surface area contributed by atoms with Crippen molar-refractivity contribution in [2.75, 3.05) is 6.61 Å². The maximum Gasteiger partial charge on any atom is 0.472 e. The standard InChI is InChI=1S/C54H106NO11P/c1-3-5-7-9-11-13-15-17-18-19-20-21-22-23-24-25-26-27-28-29-30-32-34-36-38-40-42-44-48(57)55-46(47(56)43-41-39-37-35-33-31-16-14-12-10-8-6-4-2)45-65-67(63,64)66-54-52(61)50(59)49(58)51(60)53(54)62/h41,43,46-47,49-54,56,58-62H,3-40,42,44-45H2,1-2H3,(H,55,57)(H,63,64)/b43-41+/t46-,47+,49?,50+,51?,52?,53?,54?/m0/s1. The van der Waals surface area contributed by atoms with E-state index in [1.807, 2.05) is 6.08 Å².